The molecule has 1 heterocycles. The minimum absolute atomic E-state index is 0.0268. The summed E-state index contributed by atoms with van der Waals surface area (Å²) in [5.41, 5.74) is 6.70. The Morgan fingerprint density at radius 3 is 2.68 bits per heavy atom. The Hall–Kier alpha value is -1.65. The molecule has 1 aromatic heterocycles. The van der Waals surface area contributed by atoms with Crippen molar-refractivity contribution in [1.82, 2.24) is 4.90 Å². The number of halogens is 1. The van der Waals surface area contributed by atoms with Gasteiger partial charge in [-0.15, -0.1) is 0 Å². The van der Waals surface area contributed by atoms with Gasteiger partial charge in [-0.3, -0.25) is 4.90 Å². The highest BCUT2D eigenvalue weighted by Crippen LogP contribution is 2.21. The van der Waals surface area contributed by atoms with Crippen molar-refractivity contribution in [2.75, 3.05) is 13.6 Å². The van der Waals surface area contributed by atoms with E-state index in [0.717, 1.165) is 17.1 Å². The summed E-state index contributed by atoms with van der Waals surface area (Å²) in [5.74, 6) is 1.53. The Bertz CT molecular complexity index is 538. The van der Waals surface area contributed by atoms with E-state index >= 15 is 0 Å². The lowest BCUT2D eigenvalue weighted by atomic mass is 10.1. The maximum Gasteiger partial charge on any atom is 0.123 e. The van der Waals surface area contributed by atoms with Gasteiger partial charge in [0, 0.05) is 12.6 Å². The molecule has 1 unspecified atom stereocenters. The summed E-state index contributed by atoms with van der Waals surface area (Å²) < 4.78 is 18.8. The minimum Gasteiger partial charge on any atom is -0.465 e. The maximum atomic E-state index is 13.3. The number of likely N-dealkylation sites (N-methyl/N-ethyl adjacent to an activating group) is 1. The molecule has 2 N–H and O–H groups in total. The average Bonchev–Trinajstić information content (AvgIpc) is 2.75. The zero-order chi connectivity index (χ0) is 13.8. The predicted molar refractivity (Wildman–Crippen MR) is 73.1 cm³/mol. The van der Waals surface area contributed by atoms with Gasteiger partial charge in [0.1, 0.15) is 17.3 Å². The van der Waals surface area contributed by atoms with Crippen molar-refractivity contribution in [2.45, 2.75) is 19.5 Å². The van der Waals surface area contributed by atoms with Gasteiger partial charge in [0.15, 0.2) is 0 Å². The molecule has 0 fully saturated rings. The highest BCUT2D eigenvalue weighted by atomic mass is 19.1. The second-order valence-electron chi connectivity index (χ2n) is 4.73. The third-order valence-corrected chi connectivity index (χ3v) is 3.19. The van der Waals surface area contributed by atoms with Crippen LogP contribution in [0.2, 0.25) is 0 Å². The highest BCUT2D eigenvalue weighted by molar-refractivity contribution is 5.21. The number of aryl methyl sites for hydroxylation is 1. The Kier molecular flexibility index (Phi) is 4.35. The third kappa shape index (κ3) is 3.43. The van der Waals surface area contributed by atoms with Crippen LogP contribution in [-0.4, -0.2) is 18.5 Å². The van der Waals surface area contributed by atoms with E-state index in [9.17, 15) is 4.39 Å². The van der Waals surface area contributed by atoms with Gasteiger partial charge in [-0.1, -0.05) is 12.1 Å². The Labute approximate surface area is 112 Å². The highest BCUT2D eigenvalue weighted by Gasteiger charge is 2.17. The van der Waals surface area contributed by atoms with Gasteiger partial charge in [0.2, 0.25) is 0 Å². The van der Waals surface area contributed by atoms with E-state index in [1.165, 1.54) is 12.1 Å². The number of nitrogens with two attached hydrogens (primary N) is 1. The SMILES string of the molecule is Cc1ccc(CN(C)C(CN)c2cccc(F)c2)o1. The summed E-state index contributed by atoms with van der Waals surface area (Å²) in [6.07, 6.45) is 0. The predicted octanol–water partition coefficient (Wildman–Crippen LogP) is 2.86. The molecule has 1 aromatic carbocycles. The molecule has 0 saturated heterocycles. The lowest BCUT2D eigenvalue weighted by Crippen LogP contribution is -2.30. The van der Waals surface area contributed by atoms with E-state index in [0.29, 0.717) is 13.1 Å². The van der Waals surface area contributed by atoms with Crippen LogP contribution in [0.5, 0.6) is 0 Å². The molecule has 102 valence electrons. The Morgan fingerprint density at radius 1 is 1.32 bits per heavy atom. The molecular formula is C15H19FN2O. The van der Waals surface area contributed by atoms with Crippen LogP contribution in [0.25, 0.3) is 0 Å². The monoisotopic (exact) mass is 262 g/mol. The summed E-state index contributed by atoms with van der Waals surface area (Å²) in [6.45, 7) is 2.99. The third-order valence-electron chi connectivity index (χ3n) is 3.19. The van der Waals surface area contributed by atoms with Gasteiger partial charge >= 0.3 is 0 Å². The van der Waals surface area contributed by atoms with E-state index in [1.54, 1.807) is 6.07 Å². The summed E-state index contributed by atoms with van der Waals surface area (Å²) in [7, 11) is 1.96. The van der Waals surface area contributed by atoms with Crippen molar-refractivity contribution in [3.05, 3.63) is 59.3 Å². The van der Waals surface area contributed by atoms with Gasteiger partial charge in [-0.05, 0) is 43.8 Å². The molecule has 0 radical (unpaired) electrons. The van der Waals surface area contributed by atoms with Gasteiger partial charge in [0.05, 0.1) is 6.54 Å². The maximum absolute atomic E-state index is 13.3. The first-order valence-corrected chi connectivity index (χ1v) is 6.31. The van der Waals surface area contributed by atoms with E-state index in [2.05, 4.69) is 4.90 Å². The molecule has 0 amide bonds. The molecule has 4 heteroatoms. The van der Waals surface area contributed by atoms with E-state index < -0.39 is 0 Å². The van der Waals surface area contributed by atoms with Crippen molar-refractivity contribution in [1.29, 1.82) is 0 Å². The molecule has 2 aromatic rings. The van der Waals surface area contributed by atoms with E-state index in [-0.39, 0.29) is 11.9 Å². The van der Waals surface area contributed by atoms with E-state index in [4.69, 9.17) is 10.2 Å². The first kappa shape index (κ1) is 13.8. The largest absolute Gasteiger partial charge is 0.465 e. The van der Waals surface area contributed by atoms with Gasteiger partial charge in [-0.2, -0.15) is 0 Å². The summed E-state index contributed by atoms with van der Waals surface area (Å²) in [5, 5.41) is 0. The zero-order valence-electron chi connectivity index (χ0n) is 11.3. The average molecular weight is 262 g/mol. The van der Waals surface area contributed by atoms with Crippen molar-refractivity contribution in [2.24, 2.45) is 5.73 Å². The number of rotatable bonds is 5. The quantitative estimate of drug-likeness (QED) is 0.901. The van der Waals surface area contributed by atoms with Crippen molar-refractivity contribution < 1.29 is 8.81 Å². The van der Waals surface area contributed by atoms with Crippen LogP contribution in [0.1, 0.15) is 23.1 Å². The van der Waals surface area contributed by atoms with E-state index in [1.807, 2.05) is 32.2 Å². The van der Waals surface area contributed by atoms with Crippen LogP contribution in [0.3, 0.4) is 0 Å². The number of nitrogens with zero attached hydrogens (tertiary/aromatic N) is 1. The lowest BCUT2D eigenvalue weighted by molar-refractivity contribution is 0.221. The zero-order valence-corrected chi connectivity index (χ0v) is 11.3. The summed E-state index contributed by atoms with van der Waals surface area (Å²) >= 11 is 0. The molecule has 0 aliphatic heterocycles. The molecule has 2 rings (SSSR count). The molecule has 1 atom stereocenters. The van der Waals surface area contributed by atoms with Crippen LogP contribution < -0.4 is 5.73 Å². The fourth-order valence-corrected chi connectivity index (χ4v) is 2.21. The lowest BCUT2D eigenvalue weighted by Gasteiger charge is -2.26. The van der Waals surface area contributed by atoms with Crippen molar-refractivity contribution in [3.8, 4) is 0 Å². The number of hydrogen-bond donors (Lipinski definition) is 1. The smallest absolute Gasteiger partial charge is 0.123 e. The molecule has 0 aliphatic carbocycles. The molecule has 3 nitrogen and oxygen atoms in total. The second kappa shape index (κ2) is 5.99. The standard InChI is InChI=1S/C15H19FN2O/c1-11-6-7-14(19-11)10-18(2)15(9-17)12-4-3-5-13(16)8-12/h3-8,15H,9-10,17H2,1-2H3. The molecule has 0 spiro atoms. The number of benzene rings is 1. The van der Waals surface area contributed by atoms with Crippen LogP contribution in [0, 0.1) is 12.7 Å². The Balaban J connectivity index is 2.12. The topological polar surface area (TPSA) is 42.4 Å². The van der Waals surface area contributed by atoms with Crippen LogP contribution in [0.15, 0.2) is 40.8 Å². The van der Waals surface area contributed by atoms with Gasteiger partial charge < -0.3 is 10.2 Å². The molecule has 0 saturated carbocycles. The molecular weight excluding hydrogens is 243 g/mol. The Morgan fingerprint density at radius 2 is 2.11 bits per heavy atom. The molecule has 0 aliphatic rings. The fourth-order valence-electron chi connectivity index (χ4n) is 2.21. The molecule has 0 bridgehead atoms. The first-order chi connectivity index (χ1) is 9.10. The van der Waals surface area contributed by atoms with Gasteiger partial charge in [0.25, 0.3) is 0 Å². The van der Waals surface area contributed by atoms with Crippen molar-refractivity contribution >= 4 is 0 Å². The number of hydrogen-bond acceptors (Lipinski definition) is 3. The number of furan rings is 1. The van der Waals surface area contributed by atoms with Gasteiger partial charge in [-0.25, -0.2) is 4.39 Å². The summed E-state index contributed by atoms with van der Waals surface area (Å²) in [4.78, 5) is 2.06. The van der Waals surface area contributed by atoms with Crippen LogP contribution in [0.4, 0.5) is 4.39 Å². The first-order valence-electron chi connectivity index (χ1n) is 6.31. The van der Waals surface area contributed by atoms with Crippen molar-refractivity contribution in [3.63, 3.8) is 0 Å². The normalized spacial score (nSPS) is 12.9. The summed E-state index contributed by atoms with van der Waals surface area (Å²) in [6, 6.07) is 10.4. The second-order valence-corrected chi connectivity index (χ2v) is 4.73. The minimum atomic E-state index is -0.238. The van der Waals surface area contributed by atoms with Crippen LogP contribution >= 0.6 is 0 Å². The fraction of sp³-hybridized carbons (Fsp3) is 0.333. The molecule has 19 heavy (non-hydrogen) atoms. The van der Waals surface area contributed by atoms with Crippen LogP contribution in [-0.2, 0) is 6.54 Å².